The van der Waals surface area contributed by atoms with E-state index < -0.39 is 0 Å². The highest BCUT2D eigenvalue weighted by molar-refractivity contribution is 9.10. The number of methoxy groups -OCH3 is 1. The van der Waals surface area contributed by atoms with Crippen molar-refractivity contribution in [3.8, 4) is 11.5 Å². The van der Waals surface area contributed by atoms with Crippen molar-refractivity contribution in [2.24, 2.45) is 0 Å². The van der Waals surface area contributed by atoms with Gasteiger partial charge in [0.1, 0.15) is 18.1 Å². The van der Waals surface area contributed by atoms with Crippen LogP contribution in [0.25, 0.3) is 0 Å². The maximum Gasteiger partial charge on any atom is 0.131 e. The topological polar surface area (TPSA) is 36.3 Å². The molecule has 0 saturated heterocycles. The monoisotopic (exact) mass is 416 g/mol. The zero-order valence-corrected chi connectivity index (χ0v) is 15.5. The van der Waals surface area contributed by atoms with E-state index in [0.717, 1.165) is 44.8 Å². The summed E-state index contributed by atoms with van der Waals surface area (Å²) in [6.07, 6.45) is 0. The minimum absolute atomic E-state index is 0.461. The molecule has 0 aliphatic carbocycles. The van der Waals surface area contributed by atoms with Crippen molar-refractivity contribution in [3.05, 3.63) is 39.6 Å². The van der Waals surface area contributed by atoms with Crippen LogP contribution in [0.3, 0.4) is 0 Å². The summed E-state index contributed by atoms with van der Waals surface area (Å²) in [5, 5.41) is 5.21. The maximum absolute atomic E-state index is 5.99. The van der Waals surface area contributed by atoms with Crippen LogP contribution < -0.4 is 9.47 Å². The van der Waals surface area contributed by atoms with Crippen molar-refractivity contribution >= 4 is 31.9 Å². The summed E-state index contributed by atoms with van der Waals surface area (Å²) in [4.78, 5) is 0. The molecule has 0 atom stereocenters. The molecule has 1 aromatic heterocycles. The molecular weight excluding hydrogens is 400 g/mol. The van der Waals surface area contributed by atoms with Crippen LogP contribution in [-0.2, 0) is 18.5 Å². The first-order valence-electron chi connectivity index (χ1n) is 6.68. The van der Waals surface area contributed by atoms with Crippen LogP contribution in [0.4, 0.5) is 0 Å². The summed E-state index contributed by atoms with van der Waals surface area (Å²) < 4.78 is 14.2. The zero-order chi connectivity index (χ0) is 15.4. The molecule has 114 valence electrons. The molecule has 6 heteroatoms. The average Bonchev–Trinajstić information content (AvgIpc) is 2.79. The smallest absolute Gasteiger partial charge is 0.131 e. The lowest BCUT2D eigenvalue weighted by atomic mass is 10.2. The van der Waals surface area contributed by atoms with Gasteiger partial charge in [-0.25, -0.2) is 0 Å². The number of nitrogens with zero attached hydrogens (tertiary/aromatic N) is 2. The van der Waals surface area contributed by atoms with Gasteiger partial charge in [0.15, 0.2) is 0 Å². The Hall–Kier alpha value is -1.01. The van der Waals surface area contributed by atoms with Crippen molar-refractivity contribution in [1.82, 2.24) is 9.78 Å². The van der Waals surface area contributed by atoms with Crippen LogP contribution in [0.1, 0.15) is 23.9 Å². The molecule has 4 nitrogen and oxygen atoms in total. The van der Waals surface area contributed by atoms with E-state index in [2.05, 4.69) is 43.9 Å². The second-order valence-corrected chi connectivity index (χ2v) is 5.91. The van der Waals surface area contributed by atoms with Gasteiger partial charge < -0.3 is 9.47 Å². The van der Waals surface area contributed by atoms with Crippen LogP contribution in [0.5, 0.6) is 11.5 Å². The summed E-state index contributed by atoms with van der Waals surface area (Å²) >= 11 is 7.06. The molecule has 0 radical (unpaired) electrons. The van der Waals surface area contributed by atoms with Gasteiger partial charge in [0.05, 0.1) is 23.0 Å². The number of aryl methyl sites for hydroxylation is 2. The zero-order valence-electron chi connectivity index (χ0n) is 12.3. The van der Waals surface area contributed by atoms with Gasteiger partial charge in [-0.15, -0.1) is 0 Å². The van der Waals surface area contributed by atoms with E-state index in [9.17, 15) is 0 Å². The number of alkyl halides is 1. The number of hydrogen-bond donors (Lipinski definition) is 0. The Morgan fingerprint density at radius 1 is 1.33 bits per heavy atom. The molecule has 1 aromatic carbocycles. The van der Waals surface area contributed by atoms with Gasteiger partial charge in [0.25, 0.3) is 0 Å². The third kappa shape index (κ3) is 3.61. The van der Waals surface area contributed by atoms with Gasteiger partial charge in [-0.3, -0.25) is 4.68 Å². The van der Waals surface area contributed by atoms with Gasteiger partial charge in [-0.05, 0) is 35.8 Å². The summed E-state index contributed by atoms with van der Waals surface area (Å²) in [5.74, 6) is 1.61. The Morgan fingerprint density at radius 3 is 2.71 bits per heavy atom. The van der Waals surface area contributed by atoms with E-state index in [-0.39, 0.29) is 0 Å². The molecule has 0 N–H and O–H groups in total. The lowest BCUT2D eigenvalue weighted by molar-refractivity contribution is 0.287. The Bertz CT molecular complexity index is 626. The van der Waals surface area contributed by atoms with Crippen molar-refractivity contribution in [1.29, 1.82) is 0 Å². The van der Waals surface area contributed by atoms with Crippen molar-refractivity contribution in [2.75, 3.05) is 7.11 Å². The maximum atomic E-state index is 5.99. The third-order valence-corrected chi connectivity index (χ3v) is 4.87. The molecule has 0 amide bonds. The molecule has 21 heavy (non-hydrogen) atoms. The molecule has 0 spiro atoms. The first-order valence-corrected chi connectivity index (χ1v) is 8.59. The summed E-state index contributed by atoms with van der Waals surface area (Å²) in [6, 6.07) is 5.84. The number of halogens is 2. The van der Waals surface area contributed by atoms with Gasteiger partial charge in [0, 0.05) is 23.5 Å². The quantitative estimate of drug-likeness (QED) is 0.651. The average molecular weight is 418 g/mol. The van der Waals surface area contributed by atoms with E-state index in [1.165, 1.54) is 0 Å². The predicted octanol–water partition coefficient (Wildman–Crippen LogP) is 4.46. The number of benzene rings is 1. The van der Waals surface area contributed by atoms with E-state index in [1.54, 1.807) is 7.11 Å². The SMILES string of the molecule is CCn1nc(C)c(Br)c1COc1cc(OC)ccc1CBr. The van der Waals surface area contributed by atoms with Crippen LogP contribution >= 0.6 is 31.9 Å². The molecule has 0 aliphatic rings. The largest absolute Gasteiger partial charge is 0.497 e. The predicted molar refractivity (Wildman–Crippen MR) is 90.3 cm³/mol. The highest BCUT2D eigenvalue weighted by Crippen LogP contribution is 2.29. The number of hydrogen-bond acceptors (Lipinski definition) is 3. The fourth-order valence-electron chi connectivity index (χ4n) is 2.06. The summed E-state index contributed by atoms with van der Waals surface area (Å²) in [5.41, 5.74) is 3.10. The molecule has 2 aromatic rings. The minimum atomic E-state index is 0.461. The molecule has 0 unspecified atom stereocenters. The van der Waals surface area contributed by atoms with E-state index >= 15 is 0 Å². The first kappa shape index (κ1) is 16.4. The Morgan fingerprint density at radius 2 is 2.10 bits per heavy atom. The molecule has 0 saturated carbocycles. The van der Waals surface area contributed by atoms with Crippen LogP contribution in [-0.4, -0.2) is 16.9 Å². The summed E-state index contributed by atoms with van der Waals surface area (Å²) in [7, 11) is 1.65. The Kier molecular flexibility index (Phi) is 5.70. The van der Waals surface area contributed by atoms with Gasteiger partial charge in [-0.1, -0.05) is 22.0 Å². The fraction of sp³-hybridized carbons (Fsp3) is 0.400. The Labute approximate surface area is 141 Å². The minimum Gasteiger partial charge on any atom is -0.497 e. The lowest BCUT2D eigenvalue weighted by Gasteiger charge is -2.12. The van der Waals surface area contributed by atoms with E-state index in [4.69, 9.17) is 9.47 Å². The number of ether oxygens (including phenoxy) is 2. The molecule has 0 fully saturated rings. The number of aromatic nitrogens is 2. The van der Waals surface area contributed by atoms with Crippen LogP contribution in [0.15, 0.2) is 22.7 Å². The van der Waals surface area contributed by atoms with Crippen LogP contribution in [0, 0.1) is 6.92 Å². The van der Waals surface area contributed by atoms with Crippen molar-refractivity contribution in [3.63, 3.8) is 0 Å². The Balaban J connectivity index is 2.23. The molecule has 0 bridgehead atoms. The normalized spacial score (nSPS) is 10.7. The molecule has 0 aliphatic heterocycles. The van der Waals surface area contributed by atoms with Crippen molar-refractivity contribution in [2.45, 2.75) is 32.3 Å². The summed E-state index contributed by atoms with van der Waals surface area (Å²) in [6.45, 7) is 5.32. The highest BCUT2D eigenvalue weighted by Gasteiger charge is 2.14. The highest BCUT2D eigenvalue weighted by atomic mass is 79.9. The van der Waals surface area contributed by atoms with Gasteiger partial charge in [0.2, 0.25) is 0 Å². The number of rotatable bonds is 6. The third-order valence-electron chi connectivity index (χ3n) is 3.24. The van der Waals surface area contributed by atoms with E-state index in [0.29, 0.717) is 6.61 Å². The second kappa shape index (κ2) is 7.31. The fourth-order valence-corrected chi connectivity index (χ4v) is 2.92. The molecule has 1 heterocycles. The first-order chi connectivity index (χ1) is 10.1. The second-order valence-electron chi connectivity index (χ2n) is 4.56. The molecule has 2 rings (SSSR count). The van der Waals surface area contributed by atoms with Crippen molar-refractivity contribution < 1.29 is 9.47 Å². The van der Waals surface area contributed by atoms with Crippen LogP contribution in [0.2, 0.25) is 0 Å². The molecular formula is C15H18Br2N2O2. The lowest BCUT2D eigenvalue weighted by Crippen LogP contribution is -2.07. The van der Waals surface area contributed by atoms with Gasteiger partial charge in [-0.2, -0.15) is 5.10 Å². The van der Waals surface area contributed by atoms with Gasteiger partial charge >= 0.3 is 0 Å². The standard InChI is InChI=1S/C15H18Br2N2O2/c1-4-19-13(15(17)10(2)18-19)9-21-14-7-12(20-3)6-5-11(14)8-16/h5-7H,4,8-9H2,1-3H3. The van der Waals surface area contributed by atoms with E-state index in [1.807, 2.05) is 29.8 Å².